The van der Waals surface area contributed by atoms with Crippen LogP contribution in [0, 0.1) is 0 Å². The second-order valence-electron chi connectivity index (χ2n) is 6.12. The maximum Gasteiger partial charge on any atom is 0.175 e. The minimum Gasteiger partial charge on any atom is -0.332 e. The molecule has 1 heterocycles. The van der Waals surface area contributed by atoms with Crippen LogP contribution in [0.1, 0.15) is 24.8 Å². The normalized spacial score (nSPS) is 15.0. The molecule has 0 bridgehead atoms. The molecule has 0 radical (unpaired) electrons. The van der Waals surface area contributed by atoms with Crippen LogP contribution in [-0.4, -0.2) is 23.1 Å². The summed E-state index contributed by atoms with van der Waals surface area (Å²) in [6.45, 7) is 3.49. The Labute approximate surface area is 157 Å². The lowest BCUT2D eigenvalue weighted by atomic mass is 10.1. The highest BCUT2D eigenvalue weighted by atomic mass is 79.9. The van der Waals surface area contributed by atoms with Gasteiger partial charge in [-0.15, -0.1) is 0 Å². The van der Waals surface area contributed by atoms with Crippen LogP contribution in [0.5, 0.6) is 0 Å². The first-order valence-corrected chi connectivity index (χ1v) is 9.54. The highest BCUT2D eigenvalue weighted by Crippen LogP contribution is 2.17. The minimum absolute atomic E-state index is 0.598. The van der Waals surface area contributed by atoms with Gasteiger partial charge in [-0.3, -0.25) is 4.90 Å². The zero-order valence-electron chi connectivity index (χ0n) is 13.6. The summed E-state index contributed by atoms with van der Waals surface area (Å²) >= 11 is 8.80. The van der Waals surface area contributed by atoms with Gasteiger partial charge in [0.15, 0.2) is 5.11 Å². The van der Waals surface area contributed by atoms with Crippen molar-refractivity contribution in [2.24, 2.45) is 0 Å². The van der Waals surface area contributed by atoms with E-state index < -0.39 is 0 Å². The lowest BCUT2D eigenvalue weighted by Gasteiger charge is -2.26. The van der Waals surface area contributed by atoms with Crippen molar-refractivity contribution in [3.63, 3.8) is 0 Å². The van der Waals surface area contributed by atoms with Gasteiger partial charge >= 0.3 is 0 Å². The van der Waals surface area contributed by atoms with Crippen molar-refractivity contribution in [2.75, 3.05) is 23.7 Å². The van der Waals surface area contributed by atoms with E-state index in [2.05, 4.69) is 55.7 Å². The van der Waals surface area contributed by atoms with E-state index in [4.69, 9.17) is 12.2 Å². The topological polar surface area (TPSA) is 27.3 Å². The summed E-state index contributed by atoms with van der Waals surface area (Å²) in [5.41, 5.74) is 3.33. The number of hydrogen-bond acceptors (Lipinski definition) is 2. The number of piperidine rings is 1. The van der Waals surface area contributed by atoms with Gasteiger partial charge in [0.2, 0.25) is 0 Å². The van der Waals surface area contributed by atoms with Gasteiger partial charge < -0.3 is 10.6 Å². The Morgan fingerprint density at radius 3 is 2.00 bits per heavy atom. The molecule has 3 rings (SSSR count). The van der Waals surface area contributed by atoms with E-state index >= 15 is 0 Å². The van der Waals surface area contributed by atoms with Gasteiger partial charge in [-0.05, 0) is 80.1 Å². The summed E-state index contributed by atoms with van der Waals surface area (Å²) in [4.78, 5) is 2.53. The van der Waals surface area contributed by atoms with E-state index in [0.29, 0.717) is 5.11 Å². The molecule has 1 saturated heterocycles. The van der Waals surface area contributed by atoms with Crippen molar-refractivity contribution >= 4 is 44.6 Å². The van der Waals surface area contributed by atoms with Crippen molar-refractivity contribution < 1.29 is 0 Å². The molecule has 0 spiro atoms. The van der Waals surface area contributed by atoms with Crippen LogP contribution in [0.15, 0.2) is 53.0 Å². The van der Waals surface area contributed by atoms with Gasteiger partial charge in [0, 0.05) is 22.4 Å². The first kappa shape index (κ1) is 17.4. The van der Waals surface area contributed by atoms with Gasteiger partial charge in [0.25, 0.3) is 0 Å². The second kappa shape index (κ2) is 8.60. The summed E-state index contributed by atoms with van der Waals surface area (Å²) in [7, 11) is 0. The summed E-state index contributed by atoms with van der Waals surface area (Å²) < 4.78 is 1.05. The fourth-order valence-electron chi connectivity index (χ4n) is 2.90. The average molecular weight is 404 g/mol. The Balaban J connectivity index is 1.51. The average Bonchev–Trinajstić information content (AvgIpc) is 2.60. The van der Waals surface area contributed by atoms with Crippen LogP contribution >= 0.6 is 28.1 Å². The third-order valence-corrected chi connectivity index (χ3v) is 4.90. The van der Waals surface area contributed by atoms with Gasteiger partial charge in [-0.2, -0.15) is 0 Å². The standard InChI is InChI=1S/C19H22BrN3S/c20-16-6-10-18(11-7-16)22-19(24)21-17-8-4-15(5-9-17)14-23-12-2-1-3-13-23/h4-11H,1-3,12-14H2,(H2,21,22,24). The molecule has 0 amide bonds. The van der Waals surface area contributed by atoms with Crippen molar-refractivity contribution in [1.29, 1.82) is 0 Å². The van der Waals surface area contributed by atoms with Crippen molar-refractivity contribution in [3.8, 4) is 0 Å². The Hall–Kier alpha value is -1.43. The van der Waals surface area contributed by atoms with Crippen molar-refractivity contribution in [1.82, 2.24) is 4.90 Å². The highest BCUT2D eigenvalue weighted by molar-refractivity contribution is 9.10. The van der Waals surface area contributed by atoms with Crippen molar-refractivity contribution in [3.05, 3.63) is 58.6 Å². The van der Waals surface area contributed by atoms with E-state index in [1.54, 1.807) is 0 Å². The smallest absolute Gasteiger partial charge is 0.175 e. The molecular weight excluding hydrogens is 382 g/mol. The van der Waals surface area contributed by atoms with Crippen LogP contribution in [0.3, 0.4) is 0 Å². The molecular formula is C19H22BrN3S. The number of benzene rings is 2. The monoisotopic (exact) mass is 403 g/mol. The molecule has 5 heteroatoms. The molecule has 1 aliphatic rings. The molecule has 0 saturated carbocycles. The Morgan fingerprint density at radius 2 is 1.42 bits per heavy atom. The number of likely N-dealkylation sites (tertiary alicyclic amines) is 1. The molecule has 126 valence electrons. The lowest BCUT2D eigenvalue weighted by molar-refractivity contribution is 0.221. The summed E-state index contributed by atoms with van der Waals surface area (Å²) in [6.07, 6.45) is 4.04. The van der Waals surface area contributed by atoms with E-state index in [9.17, 15) is 0 Å². The third kappa shape index (κ3) is 5.30. The first-order chi connectivity index (χ1) is 11.7. The molecule has 0 unspecified atom stereocenters. The summed E-state index contributed by atoms with van der Waals surface area (Å²) in [5.74, 6) is 0. The Bertz CT molecular complexity index is 664. The quantitative estimate of drug-likeness (QED) is 0.682. The molecule has 1 fully saturated rings. The molecule has 0 aliphatic carbocycles. The summed E-state index contributed by atoms with van der Waals surface area (Å²) in [6, 6.07) is 16.5. The van der Waals surface area contributed by atoms with Gasteiger partial charge in [0.05, 0.1) is 0 Å². The van der Waals surface area contributed by atoms with Crippen LogP contribution in [-0.2, 0) is 6.54 Å². The van der Waals surface area contributed by atoms with Gasteiger partial charge in [0.1, 0.15) is 0 Å². The van der Waals surface area contributed by atoms with Crippen LogP contribution < -0.4 is 10.6 Å². The number of nitrogens with one attached hydrogen (secondary N) is 2. The SMILES string of the molecule is S=C(Nc1ccc(Br)cc1)Nc1ccc(CN2CCCCC2)cc1. The molecule has 2 N–H and O–H groups in total. The largest absolute Gasteiger partial charge is 0.332 e. The number of nitrogens with zero attached hydrogens (tertiary/aromatic N) is 1. The van der Waals surface area contributed by atoms with Gasteiger partial charge in [-0.25, -0.2) is 0 Å². The summed E-state index contributed by atoms with van der Waals surface area (Å²) in [5, 5.41) is 7.02. The highest BCUT2D eigenvalue weighted by Gasteiger charge is 2.10. The van der Waals surface area contributed by atoms with E-state index in [1.807, 2.05) is 24.3 Å². The number of thiocarbonyl (C=S) groups is 1. The number of halogens is 1. The predicted molar refractivity (Wildman–Crippen MR) is 110 cm³/mol. The number of anilines is 2. The van der Waals surface area contributed by atoms with Crippen LogP contribution in [0.2, 0.25) is 0 Å². The number of hydrogen-bond donors (Lipinski definition) is 2. The van der Waals surface area contributed by atoms with E-state index in [1.165, 1.54) is 37.9 Å². The molecule has 0 aromatic heterocycles. The van der Waals surface area contributed by atoms with E-state index in [-0.39, 0.29) is 0 Å². The Kier molecular flexibility index (Phi) is 6.24. The number of rotatable bonds is 4. The third-order valence-electron chi connectivity index (χ3n) is 4.17. The maximum atomic E-state index is 5.37. The molecule has 2 aromatic rings. The molecule has 2 aromatic carbocycles. The van der Waals surface area contributed by atoms with Crippen molar-refractivity contribution in [2.45, 2.75) is 25.8 Å². The lowest BCUT2D eigenvalue weighted by Crippen LogP contribution is -2.29. The van der Waals surface area contributed by atoms with Crippen LogP contribution in [0.25, 0.3) is 0 Å². The van der Waals surface area contributed by atoms with Gasteiger partial charge in [-0.1, -0.05) is 34.5 Å². The minimum atomic E-state index is 0.598. The van der Waals surface area contributed by atoms with E-state index in [0.717, 1.165) is 22.4 Å². The first-order valence-electron chi connectivity index (χ1n) is 8.34. The zero-order valence-corrected chi connectivity index (χ0v) is 16.0. The second-order valence-corrected chi connectivity index (χ2v) is 7.44. The molecule has 0 atom stereocenters. The molecule has 24 heavy (non-hydrogen) atoms. The zero-order chi connectivity index (χ0) is 16.8. The molecule has 3 nitrogen and oxygen atoms in total. The Morgan fingerprint density at radius 1 is 0.875 bits per heavy atom. The van der Waals surface area contributed by atoms with Crippen LogP contribution in [0.4, 0.5) is 11.4 Å². The fourth-order valence-corrected chi connectivity index (χ4v) is 3.40. The maximum absolute atomic E-state index is 5.37. The molecule has 1 aliphatic heterocycles. The predicted octanol–water partition coefficient (Wildman–Crippen LogP) is 5.24. The fraction of sp³-hybridized carbons (Fsp3) is 0.316.